The molecule has 28 heavy (non-hydrogen) atoms. The van der Waals surface area contributed by atoms with Gasteiger partial charge in [0.2, 0.25) is 0 Å². The van der Waals surface area contributed by atoms with Crippen LogP contribution in [0, 0.1) is 0 Å². The minimum atomic E-state index is -0.526. The second-order valence-electron chi connectivity index (χ2n) is 8.10. The molecule has 0 aliphatic rings. The van der Waals surface area contributed by atoms with E-state index in [1.54, 1.807) is 7.05 Å². The smallest absolute Gasteiger partial charge is 0.408 e. The highest BCUT2D eigenvalue weighted by Gasteiger charge is 2.24. The number of carbonyl (C=O) groups excluding carboxylic acids is 2. The van der Waals surface area contributed by atoms with E-state index in [9.17, 15) is 9.59 Å². The Hall–Kier alpha value is -1.26. The Morgan fingerprint density at radius 1 is 0.964 bits per heavy atom. The third-order valence-corrected chi connectivity index (χ3v) is 3.59. The van der Waals surface area contributed by atoms with E-state index in [4.69, 9.17) is 4.74 Å². The molecule has 1 amide bonds. The molecule has 0 aromatic rings. The Labute approximate surface area is 187 Å². The first kappa shape index (κ1) is 28.9. The number of guanidine groups is 1. The molecule has 0 bridgehead atoms. The maximum absolute atomic E-state index is 11.9. The maximum atomic E-state index is 11.9. The topological polar surface area (TPSA) is 101 Å². The molecule has 0 spiro atoms. The van der Waals surface area contributed by atoms with Gasteiger partial charge < -0.3 is 25.4 Å². The van der Waals surface area contributed by atoms with Gasteiger partial charge in [-0.15, -0.1) is 24.0 Å². The van der Waals surface area contributed by atoms with E-state index < -0.39 is 17.2 Å². The lowest BCUT2D eigenvalue weighted by molar-refractivity contribution is -0.140. The van der Waals surface area contributed by atoms with E-state index in [1.165, 1.54) is 7.11 Å². The highest BCUT2D eigenvalue weighted by molar-refractivity contribution is 14.0. The second-order valence-corrected chi connectivity index (χ2v) is 8.10. The number of nitrogens with zero attached hydrogens (tertiary/aromatic N) is 1. The molecule has 0 aliphatic heterocycles. The average molecular weight is 514 g/mol. The molecule has 0 heterocycles. The average Bonchev–Trinajstić information content (AvgIpc) is 2.53. The summed E-state index contributed by atoms with van der Waals surface area (Å²) in [6.45, 7) is 10.6. The molecule has 0 aromatic carbocycles. The molecular formula is C19H39IN4O4. The zero-order valence-electron chi connectivity index (χ0n) is 18.4. The predicted octanol–water partition coefficient (Wildman–Crippen LogP) is 3.20. The number of halogens is 1. The van der Waals surface area contributed by atoms with Crippen LogP contribution in [0.1, 0.15) is 66.7 Å². The van der Waals surface area contributed by atoms with Crippen LogP contribution in [-0.2, 0) is 14.3 Å². The Balaban J connectivity index is 0. The van der Waals surface area contributed by atoms with Gasteiger partial charge in [-0.2, -0.15) is 0 Å². The van der Waals surface area contributed by atoms with Gasteiger partial charge in [-0.1, -0.05) is 12.8 Å². The van der Waals surface area contributed by atoms with Crippen LogP contribution >= 0.6 is 24.0 Å². The van der Waals surface area contributed by atoms with Crippen molar-refractivity contribution >= 4 is 42.0 Å². The number of rotatable bonds is 10. The summed E-state index contributed by atoms with van der Waals surface area (Å²) in [5.74, 6) is 0.531. The lowest BCUT2D eigenvalue weighted by Gasteiger charge is -2.29. The summed E-state index contributed by atoms with van der Waals surface area (Å²) in [7, 11) is 3.12. The van der Waals surface area contributed by atoms with Gasteiger partial charge in [0.15, 0.2) is 5.96 Å². The molecule has 0 saturated carbocycles. The fourth-order valence-electron chi connectivity index (χ4n) is 2.21. The molecule has 0 saturated heterocycles. The Kier molecular flexibility index (Phi) is 15.2. The van der Waals surface area contributed by atoms with Gasteiger partial charge in [-0.05, 0) is 47.5 Å². The van der Waals surface area contributed by atoms with Gasteiger partial charge in [0.25, 0.3) is 0 Å². The van der Waals surface area contributed by atoms with Gasteiger partial charge in [-0.25, -0.2) is 4.79 Å². The number of amides is 1. The molecule has 8 nitrogen and oxygen atoms in total. The summed E-state index contributed by atoms with van der Waals surface area (Å²) in [5.41, 5.74) is -1.02. The summed E-state index contributed by atoms with van der Waals surface area (Å²) >= 11 is 0. The first-order chi connectivity index (χ1) is 12.5. The standard InChI is InChI=1S/C19H38N4O4.HI/c1-18(2,3)27-17(25)23-19(4,5)14-22-16(20-6)21-13-11-9-8-10-12-15(24)26-7;/h8-14H2,1-7H3,(H,23,25)(H2,20,21,22);1H. The Morgan fingerprint density at radius 3 is 2.11 bits per heavy atom. The SMILES string of the molecule is CN=C(NCCCCCCC(=O)OC)NCC(C)(C)NC(=O)OC(C)(C)C.I. The molecule has 0 aromatic heterocycles. The van der Waals surface area contributed by atoms with Crippen LogP contribution in [0.2, 0.25) is 0 Å². The van der Waals surface area contributed by atoms with Crippen molar-refractivity contribution in [2.45, 2.75) is 77.9 Å². The minimum absolute atomic E-state index is 0. The molecule has 0 aliphatic carbocycles. The molecule has 0 rings (SSSR count). The van der Waals surface area contributed by atoms with E-state index >= 15 is 0 Å². The first-order valence-electron chi connectivity index (χ1n) is 9.51. The van der Waals surface area contributed by atoms with E-state index in [0.717, 1.165) is 32.2 Å². The van der Waals surface area contributed by atoms with Gasteiger partial charge in [0, 0.05) is 26.6 Å². The molecule has 0 atom stereocenters. The van der Waals surface area contributed by atoms with Crippen molar-refractivity contribution in [1.29, 1.82) is 0 Å². The quantitative estimate of drug-likeness (QED) is 0.136. The minimum Gasteiger partial charge on any atom is -0.469 e. The summed E-state index contributed by atoms with van der Waals surface area (Å²) in [6.07, 6.45) is 3.91. The number of carbonyl (C=O) groups is 2. The van der Waals surface area contributed by atoms with Gasteiger partial charge in [0.05, 0.1) is 12.6 Å². The Morgan fingerprint density at radius 2 is 1.57 bits per heavy atom. The molecule has 3 N–H and O–H groups in total. The van der Waals surface area contributed by atoms with E-state index in [1.807, 2.05) is 34.6 Å². The van der Waals surface area contributed by atoms with Gasteiger partial charge in [0.1, 0.15) is 5.60 Å². The molecule has 0 unspecified atom stereocenters. The van der Waals surface area contributed by atoms with Crippen LogP contribution in [-0.4, -0.2) is 56.4 Å². The predicted molar refractivity (Wildman–Crippen MR) is 123 cm³/mol. The number of aliphatic imine (C=N–C) groups is 1. The zero-order chi connectivity index (χ0) is 20.9. The second kappa shape index (κ2) is 14.7. The number of unbranched alkanes of at least 4 members (excludes halogenated alkanes) is 3. The number of hydrogen-bond donors (Lipinski definition) is 3. The van der Waals surface area contributed by atoms with Crippen LogP contribution < -0.4 is 16.0 Å². The van der Waals surface area contributed by atoms with Crippen molar-refractivity contribution in [3.05, 3.63) is 0 Å². The zero-order valence-corrected chi connectivity index (χ0v) is 20.8. The van der Waals surface area contributed by atoms with Crippen LogP contribution in [0.5, 0.6) is 0 Å². The van der Waals surface area contributed by atoms with Crippen molar-refractivity contribution in [1.82, 2.24) is 16.0 Å². The number of hydrogen-bond acceptors (Lipinski definition) is 5. The fourth-order valence-corrected chi connectivity index (χ4v) is 2.21. The third-order valence-electron chi connectivity index (χ3n) is 3.59. The molecule has 0 fully saturated rings. The maximum Gasteiger partial charge on any atom is 0.408 e. The fraction of sp³-hybridized carbons (Fsp3) is 0.842. The molecule has 9 heteroatoms. The van der Waals surface area contributed by atoms with E-state index in [0.29, 0.717) is 18.9 Å². The summed E-state index contributed by atoms with van der Waals surface area (Å²) in [5, 5.41) is 9.31. The van der Waals surface area contributed by atoms with Crippen molar-refractivity contribution in [3.63, 3.8) is 0 Å². The number of nitrogens with one attached hydrogen (secondary N) is 3. The van der Waals surface area contributed by atoms with Crippen LogP contribution in [0.3, 0.4) is 0 Å². The van der Waals surface area contributed by atoms with E-state index in [-0.39, 0.29) is 29.9 Å². The monoisotopic (exact) mass is 514 g/mol. The summed E-state index contributed by atoms with van der Waals surface area (Å²) in [6, 6.07) is 0. The van der Waals surface area contributed by atoms with Crippen LogP contribution in [0.15, 0.2) is 4.99 Å². The van der Waals surface area contributed by atoms with Crippen LogP contribution in [0.4, 0.5) is 4.79 Å². The van der Waals surface area contributed by atoms with Gasteiger partial charge >= 0.3 is 12.1 Å². The highest BCUT2D eigenvalue weighted by atomic mass is 127. The molecule has 166 valence electrons. The number of methoxy groups -OCH3 is 1. The third kappa shape index (κ3) is 16.9. The van der Waals surface area contributed by atoms with Gasteiger partial charge in [-0.3, -0.25) is 9.79 Å². The molecular weight excluding hydrogens is 475 g/mol. The number of ether oxygens (including phenoxy) is 2. The lowest BCUT2D eigenvalue weighted by Crippen LogP contribution is -2.54. The van der Waals surface area contributed by atoms with Crippen molar-refractivity contribution in [3.8, 4) is 0 Å². The highest BCUT2D eigenvalue weighted by Crippen LogP contribution is 2.09. The van der Waals surface area contributed by atoms with E-state index in [2.05, 4.69) is 25.7 Å². The summed E-state index contributed by atoms with van der Waals surface area (Å²) < 4.78 is 9.90. The summed E-state index contributed by atoms with van der Waals surface area (Å²) in [4.78, 5) is 27.1. The molecule has 0 radical (unpaired) electrons. The van der Waals surface area contributed by atoms with Crippen molar-refractivity contribution < 1.29 is 19.1 Å². The number of alkyl carbamates (subject to hydrolysis) is 1. The largest absolute Gasteiger partial charge is 0.469 e. The van der Waals surface area contributed by atoms with Crippen molar-refractivity contribution in [2.24, 2.45) is 4.99 Å². The first-order valence-corrected chi connectivity index (χ1v) is 9.51. The normalized spacial score (nSPS) is 11.9. The Bertz CT molecular complexity index is 491. The van der Waals surface area contributed by atoms with Crippen LogP contribution in [0.25, 0.3) is 0 Å². The number of esters is 1. The lowest BCUT2D eigenvalue weighted by atomic mass is 10.1. The van der Waals surface area contributed by atoms with Crippen molar-refractivity contribution in [2.75, 3.05) is 27.2 Å².